The van der Waals surface area contributed by atoms with E-state index in [4.69, 9.17) is 0 Å². The highest BCUT2D eigenvalue weighted by Gasteiger charge is 2.51. The Morgan fingerprint density at radius 3 is 2.53 bits per heavy atom. The first kappa shape index (κ1) is 12.7. The number of amides is 1. The van der Waals surface area contributed by atoms with Gasteiger partial charge in [-0.3, -0.25) is 10.1 Å². The summed E-state index contributed by atoms with van der Waals surface area (Å²) in [7, 11) is 0. The van der Waals surface area contributed by atoms with Crippen molar-refractivity contribution in [3.63, 3.8) is 0 Å². The van der Waals surface area contributed by atoms with Crippen LogP contribution in [-0.2, 0) is 4.79 Å². The summed E-state index contributed by atoms with van der Waals surface area (Å²) < 4.78 is 36.5. The molecular weight excluding hydrogens is 233 g/mol. The predicted molar refractivity (Wildman–Crippen MR) is 56.2 cm³/mol. The van der Waals surface area contributed by atoms with Gasteiger partial charge in [0, 0.05) is 6.54 Å². The van der Waals surface area contributed by atoms with Crippen molar-refractivity contribution in [1.82, 2.24) is 10.2 Å². The second kappa shape index (κ2) is 4.15. The quantitative estimate of drug-likeness (QED) is 0.813. The molecule has 0 bridgehead atoms. The molecule has 1 saturated heterocycles. The highest BCUT2D eigenvalue weighted by Crippen LogP contribution is 2.36. The van der Waals surface area contributed by atoms with Gasteiger partial charge < -0.3 is 4.90 Å². The van der Waals surface area contributed by atoms with Crippen LogP contribution in [0.3, 0.4) is 0 Å². The van der Waals surface area contributed by atoms with Crippen molar-refractivity contribution in [2.75, 3.05) is 6.54 Å². The molecule has 2 rings (SSSR count). The molecule has 1 heterocycles. The van der Waals surface area contributed by atoms with E-state index in [0.29, 0.717) is 0 Å². The fourth-order valence-electron chi connectivity index (χ4n) is 2.87. The minimum absolute atomic E-state index is 0.147. The van der Waals surface area contributed by atoms with Crippen molar-refractivity contribution in [1.29, 1.82) is 0 Å². The van der Waals surface area contributed by atoms with E-state index in [1.54, 1.807) is 6.92 Å². The molecule has 1 N–H and O–H groups in total. The summed E-state index contributed by atoms with van der Waals surface area (Å²) in [6, 6.07) is 0. The molecule has 0 aromatic rings. The number of nitrogens with zero attached hydrogens (tertiary/aromatic N) is 1. The van der Waals surface area contributed by atoms with Crippen LogP contribution in [0, 0.1) is 0 Å². The van der Waals surface area contributed by atoms with Gasteiger partial charge in [-0.15, -0.1) is 0 Å². The average molecular weight is 250 g/mol. The number of alkyl halides is 3. The SMILES string of the molecule is CC1NC2(CCCC2)C(=O)N1CCC(F)(F)F. The van der Waals surface area contributed by atoms with Gasteiger partial charge in [-0.1, -0.05) is 12.8 Å². The van der Waals surface area contributed by atoms with Crippen LogP contribution >= 0.6 is 0 Å². The van der Waals surface area contributed by atoms with Crippen molar-refractivity contribution >= 4 is 5.91 Å². The number of carbonyl (C=O) groups excluding carboxylic acids is 1. The Bertz CT molecular complexity index is 310. The van der Waals surface area contributed by atoms with Crippen LogP contribution in [-0.4, -0.2) is 35.2 Å². The Labute approximate surface area is 98.3 Å². The fourth-order valence-corrected chi connectivity index (χ4v) is 2.87. The summed E-state index contributed by atoms with van der Waals surface area (Å²) in [5.74, 6) is -0.147. The summed E-state index contributed by atoms with van der Waals surface area (Å²) in [5.41, 5.74) is -0.564. The van der Waals surface area contributed by atoms with Crippen LogP contribution in [0.2, 0.25) is 0 Å². The molecular formula is C11H17F3N2O. The smallest absolute Gasteiger partial charge is 0.325 e. The van der Waals surface area contributed by atoms with Crippen molar-refractivity contribution in [3.8, 4) is 0 Å². The zero-order valence-corrected chi connectivity index (χ0v) is 9.81. The van der Waals surface area contributed by atoms with Gasteiger partial charge in [-0.05, 0) is 19.8 Å². The van der Waals surface area contributed by atoms with E-state index in [9.17, 15) is 18.0 Å². The maximum absolute atomic E-state index is 12.2. The Balaban J connectivity index is 2.01. The lowest BCUT2D eigenvalue weighted by Gasteiger charge is -2.22. The van der Waals surface area contributed by atoms with Crippen molar-refractivity contribution in [3.05, 3.63) is 0 Å². The summed E-state index contributed by atoms with van der Waals surface area (Å²) in [5, 5.41) is 3.17. The van der Waals surface area contributed by atoms with Gasteiger partial charge in [0.15, 0.2) is 0 Å². The molecule has 2 fully saturated rings. The molecule has 1 unspecified atom stereocenters. The van der Waals surface area contributed by atoms with Gasteiger partial charge in [-0.25, -0.2) is 0 Å². The molecule has 0 aromatic carbocycles. The maximum Gasteiger partial charge on any atom is 0.390 e. The van der Waals surface area contributed by atoms with Gasteiger partial charge in [0.05, 0.1) is 18.1 Å². The maximum atomic E-state index is 12.2. The zero-order valence-electron chi connectivity index (χ0n) is 9.81. The summed E-state index contributed by atoms with van der Waals surface area (Å²) in [6.07, 6.45) is -1.98. The first-order valence-electron chi connectivity index (χ1n) is 6.00. The second-order valence-corrected chi connectivity index (χ2v) is 4.97. The van der Waals surface area contributed by atoms with Crippen LogP contribution in [0.15, 0.2) is 0 Å². The van der Waals surface area contributed by atoms with E-state index in [-0.39, 0.29) is 18.6 Å². The molecule has 2 aliphatic rings. The van der Waals surface area contributed by atoms with Crippen LogP contribution in [0.1, 0.15) is 39.0 Å². The topological polar surface area (TPSA) is 32.3 Å². The second-order valence-electron chi connectivity index (χ2n) is 4.97. The molecule has 0 radical (unpaired) electrons. The lowest BCUT2D eigenvalue weighted by Crippen LogP contribution is -2.44. The molecule has 3 nitrogen and oxygen atoms in total. The van der Waals surface area contributed by atoms with Crippen molar-refractivity contribution in [2.45, 2.75) is 56.9 Å². The summed E-state index contributed by atoms with van der Waals surface area (Å²) >= 11 is 0. The van der Waals surface area contributed by atoms with Crippen molar-refractivity contribution < 1.29 is 18.0 Å². The molecule has 1 spiro atoms. The minimum Gasteiger partial charge on any atom is -0.325 e. The molecule has 17 heavy (non-hydrogen) atoms. The third-order valence-electron chi connectivity index (χ3n) is 3.72. The Morgan fingerprint density at radius 1 is 1.41 bits per heavy atom. The monoisotopic (exact) mass is 250 g/mol. The average Bonchev–Trinajstić information content (AvgIpc) is 2.73. The number of halogens is 3. The third kappa shape index (κ3) is 2.41. The van der Waals surface area contributed by atoms with Gasteiger partial charge in [0.25, 0.3) is 0 Å². The standard InChI is InChI=1S/C11H17F3N2O/c1-8-15-10(4-2-3-5-10)9(17)16(8)7-6-11(12,13)14/h8,15H,2-7H2,1H3. The molecule has 1 saturated carbocycles. The number of carbonyl (C=O) groups is 1. The Hall–Kier alpha value is -0.780. The van der Waals surface area contributed by atoms with E-state index in [1.165, 1.54) is 4.90 Å². The van der Waals surface area contributed by atoms with Crippen LogP contribution < -0.4 is 5.32 Å². The fraction of sp³-hybridized carbons (Fsp3) is 0.909. The highest BCUT2D eigenvalue weighted by molar-refractivity contribution is 5.89. The number of hydrogen-bond acceptors (Lipinski definition) is 2. The van der Waals surface area contributed by atoms with Crippen LogP contribution in [0.5, 0.6) is 0 Å². The molecule has 6 heteroatoms. The van der Waals surface area contributed by atoms with E-state index >= 15 is 0 Å². The first-order chi connectivity index (χ1) is 7.84. The Kier molecular flexibility index (Phi) is 3.10. The van der Waals surface area contributed by atoms with Crippen molar-refractivity contribution in [2.24, 2.45) is 0 Å². The molecule has 0 aromatic heterocycles. The third-order valence-corrected chi connectivity index (χ3v) is 3.72. The van der Waals surface area contributed by atoms with E-state index < -0.39 is 18.1 Å². The minimum atomic E-state index is -4.20. The lowest BCUT2D eigenvalue weighted by molar-refractivity contribution is -0.145. The molecule has 1 aliphatic heterocycles. The normalized spacial score (nSPS) is 28.4. The van der Waals surface area contributed by atoms with E-state index in [2.05, 4.69) is 5.32 Å². The predicted octanol–water partition coefficient (Wildman–Crippen LogP) is 2.03. The highest BCUT2D eigenvalue weighted by atomic mass is 19.4. The molecule has 1 amide bonds. The first-order valence-corrected chi connectivity index (χ1v) is 6.00. The summed E-state index contributed by atoms with van der Waals surface area (Å²) in [6.45, 7) is 1.51. The molecule has 98 valence electrons. The molecule has 1 atom stereocenters. The van der Waals surface area contributed by atoms with Gasteiger partial charge in [0.2, 0.25) is 5.91 Å². The van der Waals surface area contributed by atoms with Crippen LogP contribution in [0.4, 0.5) is 13.2 Å². The number of nitrogens with one attached hydrogen (secondary N) is 1. The number of hydrogen-bond donors (Lipinski definition) is 1. The largest absolute Gasteiger partial charge is 0.390 e. The summed E-state index contributed by atoms with van der Waals surface area (Å²) in [4.78, 5) is 13.5. The van der Waals surface area contributed by atoms with Crippen LogP contribution in [0.25, 0.3) is 0 Å². The Morgan fingerprint density at radius 2 is 2.00 bits per heavy atom. The van der Waals surface area contributed by atoms with E-state index in [1.807, 2.05) is 0 Å². The lowest BCUT2D eigenvalue weighted by atomic mass is 9.98. The van der Waals surface area contributed by atoms with Gasteiger partial charge in [-0.2, -0.15) is 13.2 Å². The van der Waals surface area contributed by atoms with Gasteiger partial charge in [0.1, 0.15) is 0 Å². The van der Waals surface area contributed by atoms with Gasteiger partial charge >= 0.3 is 6.18 Å². The molecule has 1 aliphatic carbocycles. The zero-order chi connectivity index (χ0) is 12.7. The van der Waals surface area contributed by atoms with E-state index in [0.717, 1.165) is 25.7 Å². The number of rotatable bonds is 2.